The lowest BCUT2D eigenvalue weighted by Crippen LogP contribution is -2.41. The summed E-state index contributed by atoms with van der Waals surface area (Å²) in [6.07, 6.45) is 0. The summed E-state index contributed by atoms with van der Waals surface area (Å²) in [6.45, 7) is 4.69. The molecule has 1 N–H and O–H groups in total. The lowest BCUT2D eigenvalue weighted by atomic mass is 9.91. The zero-order valence-electron chi connectivity index (χ0n) is 19.4. The summed E-state index contributed by atoms with van der Waals surface area (Å²) in [6, 6.07) is 23.6. The van der Waals surface area contributed by atoms with Crippen LogP contribution in [0, 0.1) is 0 Å². The molecule has 0 amide bonds. The van der Waals surface area contributed by atoms with Crippen molar-refractivity contribution in [2.45, 2.75) is 25.8 Å². The van der Waals surface area contributed by atoms with Crippen molar-refractivity contribution in [2.75, 3.05) is 18.6 Å². The normalized spacial score (nSPS) is 12.8. The van der Waals surface area contributed by atoms with Crippen LogP contribution in [-0.4, -0.2) is 30.8 Å². The summed E-state index contributed by atoms with van der Waals surface area (Å²) in [4.78, 5) is 27.4. The van der Waals surface area contributed by atoms with Gasteiger partial charge in [0.2, 0.25) is 11.2 Å². The van der Waals surface area contributed by atoms with Crippen LogP contribution >= 0.6 is 0 Å². The molecule has 34 heavy (non-hydrogen) atoms. The van der Waals surface area contributed by atoms with Crippen LogP contribution in [0.5, 0.6) is 5.75 Å². The van der Waals surface area contributed by atoms with Gasteiger partial charge in [-0.15, -0.1) is 0 Å². The Morgan fingerprint density at radius 3 is 2.29 bits per heavy atom. The van der Waals surface area contributed by atoms with E-state index in [4.69, 9.17) is 9.15 Å². The average Bonchev–Trinajstić information content (AvgIpc) is 2.88. The fourth-order valence-electron chi connectivity index (χ4n) is 4.42. The van der Waals surface area contributed by atoms with E-state index in [1.54, 1.807) is 36.4 Å². The van der Waals surface area contributed by atoms with Gasteiger partial charge in [0.25, 0.3) is 0 Å². The molecular formula is C28H27NO5. The second-order valence-corrected chi connectivity index (χ2v) is 8.09. The van der Waals surface area contributed by atoms with E-state index in [0.717, 1.165) is 11.3 Å². The first-order valence-corrected chi connectivity index (χ1v) is 11.2. The maximum atomic E-state index is 12.7. The zero-order chi connectivity index (χ0) is 24.2. The van der Waals surface area contributed by atoms with Crippen molar-refractivity contribution in [1.82, 2.24) is 0 Å². The molecule has 0 bridgehead atoms. The SMILES string of the molecule is CCN(c1ccc(-c2oc3ccccc3c(=O)c2O)cc1)C(C)C(C(=O)OC)c1ccccc1. The molecule has 1 heterocycles. The summed E-state index contributed by atoms with van der Waals surface area (Å²) in [5, 5.41) is 10.8. The number of ether oxygens (including phenoxy) is 1. The zero-order valence-corrected chi connectivity index (χ0v) is 19.4. The Balaban J connectivity index is 1.69. The Bertz CT molecular complexity index is 1350. The number of hydrogen-bond acceptors (Lipinski definition) is 6. The number of rotatable bonds is 7. The predicted molar refractivity (Wildman–Crippen MR) is 133 cm³/mol. The molecule has 0 spiro atoms. The second-order valence-electron chi connectivity index (χ2n) is 8.09. The first kappa shape index (κ1) is 23.1. The van der Waals surface area contributed by atoms with E-state index in [1.807, 2.05) is 56.3 Å². The molecule has 174 valence electrons. The van der Waals surface area contributed by atoms with Gasteiger partial charge in [0.05, 0.1) is 12.5 Å². The lowest BCUT2D eigenvalue weighted by Gasteiger charge is -2.35. The van der Waals surface area contributed by atoms with E-state index >= 15 is 0 Å². The highest BCUT2D eigenvalue weighted by atomic mass is 16.5. The molecule has 3 aromatic carbocycles. The van der Waals surface area contributed by atoms with Gasteiger partial charge in [-0.3, -0.25) is 9.59 Å². The van der Waals surface area contributed by atoms with Crippen LogP contribution < -0.4 is 10.3 Å². The van der Waals surface area contributed by atoms with E-state index in [2.05, 4.69) is 4.90 Å². The summed E-state index contributed by atoms with van der Waals surface area (Å²) in [5.41, 5.74) is 2.32. The minimum absolute atomic E-state index is 0.128. The number of para-hydroxylation sites is 1. The van der Waals surface area contributed by atoms with Crippen molar-refractivity contribution < 1.29 is 19.1 Å². The molecule has 2 unspecified atom stereocenters. The van der Waals surface area contributed by atoms with Crippen molar-refractivity contribution >= 4 is 22.6 Å². The molecule has 0 saturated heterocycles. The maximum absolute atomic E-state index is 12.7. The van der Waals surface area contributed by atoms with E-state index in [-0.39, 0.29) is 17.8 Å². The van der Waals surface area contributed by atoms with E-state index in [1.165, 1.54) is 7.11 Å². The van der Waals surface area contributed by atoms with Crippen LogP contribution in [0.4, 0.5) is 5.69 Å². The third-order valence-electron chi connectivity index (χ3n) is 6.16. The van der Waals surface area contributed by atoms with Gasteiger partial charge in [-0.1, -0.05) is 42.5 Å². The molecule has 0 saturated carbocycles. The number of benzene rings is 3. The quantitative estimate of drug-likeness (QED) is 0.378. The Labute approximate surface area is 198 Å². The number of anilines is 1. The molecule has 1 aromatic heterocycles. The number of carbonyl (C=O) groups excluding carboxylic acids is 1. The van der Waals surface area contributed by atoms with Crippen LogP contribution in [0.1, 0.15) is 25.3 Å². The van der Waals surface area contributed by atoms with Crippen LogP contribution in [0.2, 0.25) is 0 Å². The summed E-state index contributed by atoms with van der Waals surface area (Å²) >= 11 is 0. The Kier molecular flexibility index (Phi) is 6.68. The van der Waals surface area contributed by atoms with Crippen molar-refractivity contribution in [2.24, 2.45) is 0 Å². The number of carbonyl (C=O) groups is 1. The molecule has 0 fully saturated rings. The predicted octanol–water partition coefficient (Wildman–Crippen LogP) is 5.34. The van der Waals surface area contributed by atoms with Gasteiger partial charge in [-0.2, -0.15) is 0 Å². The molecule has 6 nitrogen and oxygen atoms in total. The fourth-order valence-corrected chi connectivity index (χ4v) is 4.42. The number of hydrogen-bond donors (Lipinski definition) is 1. The van der Waals surface area contributed by atoms with E-state index < -0.39 is 17.1 Å². The Hall–Kier alpha value is -4.06. The van der Waals surface area contributed by atoms with Gasteiger partial charge in [0.1, 0.15) is 11.5 Å². The molecule has 4 aromatic rings. The molecule has 4 rings (SSSR count). The summed E-state index contributed by atoms with van der Waals surface area (Å²) in [5.74, 6) is -1.05. The van der Waals surface area contributed by atoms with E-state index in [0.29, 0.717) is 23.1 Å². The highest BCUT2D eigenvalue weighted by Gasteiger charge is 2.31. The summed E-state index contributed by atoms with van der Waals surface area (Å²) < 4.78 is 11.0. The van der Waals surface area contributed by atoms with Crippen LogP contribution in [0.25, 0.3) is 22.3 Å². The van der Waals surface area contributed by atoms with E-state index in [9.17, 15) is 14.7 Å². The number of esters is 1. The van der Waals surface area contributed by atoms with Crippen LogP contribution in [0.15, 0.2) is 88.1 Å². The van der Waals surface area contributed by atoms with Gasteiger partial charge in [-0.05, 0) is 55.8 Å². The second kappa shape index (κ2) is 9.83. The lowest BCUT2D eigenvalue weighted by molar-refractivity contribution is -0.142. The maximum Gasteiger partial charge on any atom is 0.315 e. The van der Waals surface area contributed by atoms with Gasteiger partial charge in [0.15, 0.2) is 5.76 Å². The number of aromatic hydroxyl groups is 1. The third kappa shape index (κ3) is 4.27. The molecular weight excluding hydrogens is 430 g/mol. The molecule has 6 heteroatoms. The van der Waals surface area contributed by atoms with Gasteiger partial charge < -0.3 is 19.2 Å². The van der Waals surface area contributed by atoms with Gasteiger partial charge in [-0.25, -0.2) is 0 Å². The van der Waals surface area contributed by atoms with Crippen LogP contribution in [-0.2, 0) is 9.53 Å². The van der Waals surface area contributed by atoms with Gasteiger partial charge in [0, 0.05) is 23.8 Å². The molecule has 0 radical (unpaired) electrons. The standard InChI is InChI=1S/C28H27NO5/c1-4-29(18(2)24(28(32)33-3)19-10-6-5-7-11-19)21-16-14-20(15-17-21)27-26(31)25(30)22-12-8-9-13-23(22)34-27/h5-18,24,31H,4H2,1-3H3. The third-order valence-corrected chi connectivity index (χ3v) is 6.16. The van der Waals surface area contributed by atoms with Crippen molar-refractivity contribution in [3.8, 4) is 17.1 Å². The molecule has 2 atom stereocenters. The summed E-state index contributed by atoms with van der Waals surface area (Å²) in [7, 11) is 1.40. The number of nitrogens with zero attached hydrogens (tertiary/aromatic N) is 1. The first-order valence-electron chi connectivity index (χ1n) is 11.2. The number of methoxy groups -OCH3 is 1. The van der Waals surface area contributed by atoms with Crippen molar-refractivity contribution in [3.63, 3.8) is 0 Å². The minimum atomic E-state index is -0.464. The minimum Gasteiger partial charge on any atom is -0.502 e. The number of fused-ring (bicyclic) bond motifs is 1. The molecule has 0 aliphatic carbocycles. The monoisotopic (exact) mass is 457 g/mol. The highest BCUT2D eigenvalue weighted by Crippen LogP contribution is 2.33. The molecule has 0 aliphatic rings. The van der Waals surface area contributed by atoms with Crippen molar-refractivity contribution in [3.05, 3.63) is 94.6 Å². The Morgan fingerprint density at radius 2 is 1.65 bits per heavy atom. The smallest absolute Gasteiger partial charge is 0.315 e. The Morgan fingerprint density at radius 1 is 1.00 bits per heavy atom. The fraction of sp³-hybridized carbons (Fsp3) is 0.214. The van der Waals surface area contributed by atoms with Crippen molar-refractivity contribution in [1.29, 1.82) is 0 Å². The first-order chi connectivity index (χ1) is 16.5. The molecule has 0 aliphatic heterocycles. The van der Waals surface area contributed by atoms with Crippen LogP contribution in [0.3, 0.4) is 0 Å². The topological polar surface area (TPSA) is 80.0 Å². The highest BCUT2D eigenvalue weighted by molar-refractivity contribution is 5.82. The number of likely N-dealkylation sites (N-methyl/N-ethyl adjacent to an activating group) is 1. The van der Waals surface area contributed by atoms with Gasteiger partial charge >= 0.3 is 5.97 Å². The largest absolute Gasteiger partial charge is 0.502 e. The average molecular weight is 458 g/mol.